The Morgan fingerprint density at radius 1 is 1.04 bits per heavy atom. The maximum atomic E-state index is 13.0. The van der Waals surface area contributed by atoms with Crippen molar-refractivity contribution in [2.24, 2.45) is 0 Å². The molecule has 0 fully saturated rings. The number of hydrogen-bond donors (Lipinski definition) is 2. The minimum atomic E-state index is -3.78. The SMILES string of the molecule is CCCNC(=O)C(=O)NC[C@@H](c1cccnc1)S(=O)(=O)c1ccccc1. The number of aromatic nitrogens is 1. The Morgan fingerprint density at radius 2 is 1.73 bits per heavy atom. The number of rotatable bonds is 7. The Kier molecular flexibility index (Phi) is 6.85. The first-order valence-electron chi connectivity index (χ1n) is 8.21. The lowest BCUT2D eigenvalue weighted by atomic mass is 10.2. The van der Waals surface area contributed by atoms with E-state index in [-0.39, 0.29) is 11.4 Å². The molecule has 8 heteroatoms. The third-order valence-electron chi connectivity index (χ3n) is 3.69. The first-order valence-corrected chi connectivity index (χ1v) is 9.76. The maximum Gasteiger partial charge on any atom is 0.309 e. The zero-order valence-corrected chi connectivity index (χ0v) is 15.2. The lowest BCUT2D eigenvalue weighted by molar-refractivity contribution is -0.139. The number of sulfone groups is 1. The molecule has 1 aromatic carbocycles. The highest BCUT2D eigenvalue weighted by Gasteiger charge is 2.30. The molecule has 0 unspecified atom stereocenters. The molecular weight excluding hydrogens is 354 g/mol. The number of nitrogens with zero attached hydrogens (tertiary/aromatic N) is 1. The smallest absolute Gasteiger partial charge is 0.309 e. The first kappa shape index (κ1) is 19.6. The molecular formula is C18H21N3O4S. The summed E-state index contributed by atoms with van der Waals surface area (Å²) in [6.45, 7) is 2.00. The van der Waals surface area contributed by atoms with Crippen molar-refractivity contribution < 1.29 is 18.0 Å². The summed E-state index contributed by atoms with van der Waals surface area (Å²) < 4.78 is 26.0. The molecule has 0 aliphatic carbocycles. The second kappa shape index (κ2) is 9.10. The van der Waals surface area contributed by atoms with Crippen LogP contribution in [0.1, 0.15) is 24.2 Å². The van der Waals surface area contributed by atoms with Crippen LogP contribution in [0.2, 0.25) is 0 Å². The molecule has 7 nitrogen and oxygen atoms in total. The molecule has 0 saturated heterocycles. The van der Waals surface area contributed by atoms with E-state index in [4.69, 9.17) is 0 Å². The molecule has 138 valence electrons. The molecule has 2 aromatic rings. The minimum Gasteiger partial charge on any atom is -0.348 e. The van der Waals surface area contributed by atoms with Crippen LogP contribution in [0.25, 0.3) is 0 Å². The van der Waals surface area contributed by atoms with E-state index in [9.17, 15) is 18.0 Å². The van der Waals surface area contributed by atoms with E-state index in [2.05, 4.69) is 15.6 Å². The van der Waals surface area contributed by atoms with Crippen molar-refractivity contribution in [2.45, 2.75) is 23.5 Å². The Morgan fingerprint density at radius 3 is 2.35 bits per heavy atom. The van der Waals surface area contributed by atoms with Gasteiger partial charge in [-0.3, -0.25) is 14.6 Å². The van der Waals surface area contributed by atoms with Crippen LogP contribution in [0.5, 0.6) is 0 Å². The molecule has 1 heterocycles. The summed E-state index contributed by atoms with van der Waals surface area (Å²) in [7, 11) is -3.78. The predicted octanol–water partition coefficient (Wildman–Crippen LogP) is 1.24. The monoisotopic (exact) mass is 375 g/mol. The second-order valence-corrected chi connectivity index (χ2v) is 7.73. The molecule has 1 atom stereocenters. The quantitative estimate of drug-likeness (QED) is 0.709. The van der Waals surface area contributed by atoms with Gasteiger partial charge in [0.2, 0.25) is 0 Å². The number of hydrogen-bond acceptors (Lipinski definition) is 5. The zero-order chi connectivity index (χ0) is 19.0. The van der Waals surface area contributed by atoms with Crippen LogP contribution in [-0.4, -0.2) is 38.3 Å². The Balaban J connectivity index is 2.24. The van der Waals surface area contributed by atoms with Crippen LogP contribution in [0.4, 0.5) is 0 Å². The molecule has 0 aliphatic rings. The fourth-order valence-corrected chi connectivity index (χ4v) is 4.00. The van der Waals surface area contributed by atoms with E-state index in [1.807, 2.05) is 6.92 Å². The van der Waals surface area contributed by atoms with Crippen LogP contribution in [0.15, 0.2) is 59.8 Å². The molecule has 0 spiro atoms. The van der Waals surface area contributed by atoms with Gasteiger partial charge in [-0.25, -0.2) is 8.42 Å². The van der Waals surface area contributed by atoms with E-state index in [1.165, 1.54) is 24.5 Å². The van der Waals surface area contributed by atoms with Gasteiger partial charge in [-0.05, 0) is 30.2 Å². The highest BCUT2D eigenvalue weighted by Crippen LogP contribution is 2.27. The lowest BCUT2D eigenvalue weighted by Crippen LogP contribution is -2.42. The summed E-state index contributed by atoms with van der Waals surface area (Å²) in [4.78, 5) is 27.7. The van der Waals surface area contributed by atoms with Crippen molar-refractivity contribution in [3.8, 4) is 0 Å². The van der Waals surface area contributed by atoms with Crippen molar-refractivity contribution in [1.82, 2.24) is 15.6 Å². The number of nitrogens with one attached hydrogen (secondary N) is 2. The number of carbonyl (C=O) groups excluding carboxylic acids is 2. The molecule has 1 aromatic heterocycles. The summed E-state index contributed by atoms with van der Waals surface area (Å²) in [5.74, 6) is -1.65. The Labute approximate surface area is 152 Å². The molecule has 0 aliphatic heterocycles. The van der Waals surface area contributed by atoms with Gasteiger partial charge in [-0.1, -0.05) is 31.2 Å². The maximum absolute atomic E-state index is 13.0. The van der Waals surface area contributed by atoms with Gasteiger partial charge < -0.3 is 10.6 Å². The van der Waals surface area contributed by atoms with Crippen molar-refractivity contribution in [1.29, 1.82) is 0 Å². The predicted molar refractivity (Wildman–Crippen MR) is 96.9 cm³/mol. The van der Waals surface area contributed by atoms with Gasteiger partial charge in [-0.15, -0.1) is 0 Å². The summed E-state index contributed by atoms with van der Waals surface area (Å²) in [5.41, 5.74) is 0.436. The van der Waals surface area contributed by atoms with E-state index in [0.717, 1.165) is 0 Å². The van der Waals surface area contributed by atoms with Gasteiger partial charge in [-0.2, -0.15) is 0 Å². The number of benzene rings is 1. The Hall–Kier alpha value is -2.74. The van der Waals surface area contributed by atoms with Gasteiger partial charge in [0.25, 0.3) is 0 Å². The summed E-state index contributed by atoms with van der Waals surface area (Å²) in [5, 5.41) is 3.81. The minimum absolute atomic E-state index is 0.138. The second-order valence-electron chi connectivity index (χ2n) is 5.60. The average Bonchev–Trinajstić information content (AvgIpc) is 2.67. The standard InChI is InChI=1S/C18H21N3O4S/c1-2-10-20-17(22)18(23)21-13-16(14-7-6-11-19-12-14)26(24,25)15-8-4-3-5-9-15/h3-9,11-12,16H,2,10,13H2,1H3,(H,20,22)(H,21,23)/t16-/m0/s1. The normalized spacial score (nSPS) is 12.2. The third-order valence-corrected chi connectivity index (χ3v) is 5.81. The van der Waals surface area contributed by atoms with Crippen molar-refractivity contribution in [2.75, 3.05) is 13.1 Å². The van der Waals surface area contributed by atoms with Gasteiger partial charge in [0.1, 0.15) is 5.25 Å². The molecule has 26 heavy (non-hydrogen) atoms. The van der Waals surface area contributed by atoms with E-state index in [0.29, 0.717) is 18.5 Å². The van der Waals surface area contributed by atoms with Crippen molar-refractivity contribution in [3.05, 3.63) is 60.4 Å². The largest absolute Gasteiger partial charge is 0.348 e. The van der Waals surface area contributed by atoms with Gasteiger partial charge in [0, 0.05) is 25.5 Å². The molecule has 2 amide bonds. The fourth-order valence-electron chi connectivity index (χ4n) is 2.33. The zero-order valence-electron chi connectivity index (χ0n) is 14.4. The van der Waals surface area contributed by atoms with Crippen LogP contribution in [-0.2, 0) is 19.4 Å². The summed E-state index contributed by atoms with van der Waals surface area (Å²) in [6.07, 6.45) is 3.67. The number of pyridine rings is 1. The first-order chi connectivity index (χ1) is 12.5. The molecule has 0 saturated carbocycles. The van der Waals surface area contributed by atoms with Crippen molar-refractivity contribution in [3.63, 3.8) is 0 Å². The van der Waals surface area contributed by atoms with E-state index in [1.54, 1.807) is 30.3 Å². The molecule has 2 N–H and O–H groups in total. The summed E-state index contributed by atoms with van der Waals surface area (Å²) >= 11 is 0. The van der Waals surface area contributed by atoms with E-state index >= 15 is 0 Å². The van der Waals surface area contributed by atoms with Crippen LogP contribution >= 0.6 is 0 Å². The van der Waals surface area contributed by atoms with Crippen LogP contribution in [0, 0.1) is 0 Å². The Bertz CT molecular complexity index is 839. The molecule has 0 bridgehead atoms. The summed E-state index contributed by atoms with van der Waals surface area (Å²) in [6, 6.07) is 11.2. The van der Waals surface area contributed by atoms with Gasteiger partial charge >= 0.3 is 11.8 Å². The highest BCUT2D eigenvalue weighted by molar-refractivity contribution is 7.91. The molecule has 2 rings (SSSR count). The third kappa shape index (κ3) is 4.89. The molecule has 0 radical (unpaired) electrons. The van der Waals surface area contributed by atoms with Crippen LogP contribution < -0.4 is 10.6 Å². The van der Waals surface area contributed by atoms with E-state index < -0.39 is 26.9 Å². The average molecular weight is 375 g/mol. The lowest BCUT2D eigenvalue weighted by Gasteiger charge is -2.18. The van der Waals surface area contributed by atoms with Gasteiger partial charge in [0.05, 0.1) is 4.90 Å². The topological polar surface area (TPSA) is 105 Å². The number of amides is 2. The fraction of sp³-hybridized carbons (Fsp3) is 0.278. The number of carbonyl (C=O) groups is 2. The highest BCUT2D eigenvalue weighted by atomic mass is 32.2. The van der Waals surface area contributed by atoms with Gasteiger partial charge in [0.15, 0.2) is 9.84 Å². The van der Waals surface area contributed by atoms with Crippen molar-refractivity contribution >= 4 is 21.7 Å². The van der Waals surface area contributed by atoms with Crippen LogP contribution in [0.3, 0.4) is 0 Å².